The number of rotatable bonds is 2. The summed E-state index contributed by atoms with van der Waals surface area (Å²) in [5, 5.41) is 0. The highest BCUT2D eigenvalue weighted by Crippen LogP contribution is 2.29. The smallest absolute Gasteiger partial charge is 0.308 e. The van der Waals surface area contributed by atoms with Crippen molar-refractivity contribution in [1.29, 1.82) is 0 Å². The van der Waals surface area contributed by atoms with Crippen molar-refractivity contribution in [2.45, 2.75) is 12.7 Å². The molecule has 2 rings (SSSR count). The Morgan fingerprint density at radius 3 is 2.72 bits per heavy atom. The van der Waals surface area contributed by atoms with Gasteiger partial charge in [-0.3, -0.25) is 9.78 Å². The molecule has 94 valence electrons. The Hall–Kier alpha value is -2.11. The number of benzene rings is 1. The quantitative estimate of drug-likeness (QED) is 0.824. The zero-order valence-corrected chi connectivity index (χ0v) is 9.19. The monoisotopic (exact) mass is 254 g/mol. The van der Waals surface area contributed by atoms with Gasteiger partial charge in [0.1, 0.15) is 0 Å². The second-order valence-electron chi connectivity index (χ2n) is 3.74. The minimum atomic E-state index is -4.38. The normalized spacial score (nSPS) is 11.5. The molecule has 1 aromatic heterocycles. The summed E-state index contributed by atoms with van der Waals surface area (Å²) in [6.07, 6.45) is -0.412. The molecule has 0 aliphatic carbocycles. The first-order chi connectivity index (χ1) is 8.47. The minimum absolute atomic E-state index is 0.0886. The molecule has 3 nitrogen and oxygen atoms in total. The summed E-state index contributed by atoms with van der Waals surface area (Å²) < 4.78 is 38.8. The van der Waals surface area contributed by atoms with Crippen molar-refractivity contribution in [2.75, 3.05) is 0 Å². The third-order valence-electron chi connectivity index (χ3n) is 2.41. The molecule has 0 N–H and O–H groups in total. The van der Waals surface area contributed by atoms with E-state index in [0.29, 0.717) is 5.56 Å². The second-order valence-corrected chi connectivity index (χ2v) is 3.74. The van der Waals surface area contributed by atoms with E-state index < -0.39 is 11.7 Å². The van der Waals surface area contributed by atoms with Crippen molar-refractivity contribution >= 4 is 0 Å². The lowest BCUT2D eigenvalue weighted by Crippen LogP contribution is -2.19. The van der Waals surface area contributed by atoms with Crippen LogP contribution in [-0.4, -0.2) is 9.55 Å². The summed E-state index contributed by atoms with van der Waals surface area (Å²) in [5.41, 5.74) is -0.657. The van der Waals surface area contributed by atoms with Crippen LogP contribution in [0, 0.1) is 0 Å². The van der Waals surface area contributed by atoms with Crippen LogP contribution in [0.1, 0.15) is 11.1 Å². The van der Waals surface area contributed by atoms with Gasteiger partial charge in [-0.05, 0) is 17.7 Å². The van der Waals surface area contributed by atoms with Gasteiger partial charge in [0.2, 0.25) is 0 Å². The predicted octanol–water partition coefficient (Wildman–Crippen LogP) is 2.31. The van der Waals surface area contributed by atoms with Gasteiger partial charge in [0.15, 0.2) is 0 Å². The summed E-state index contributed by atoms with van der Waals surface area (Å²) in [7, 11) is 0. The average Bonchev–Trinajstić information content (AvgIpc) is 2.31. The van der Waals surface area contributed by atoms with Crippen molar-refractivity contribution in [3.8, 4) is 0 Å². The maximum atomic E-state index is 12.5. The molecular formula is C12H9F3N2O. The molecule has 0 saturated carbocycles. The standard InChI is InChI=1S/C12H9F3N2O/c13-12(14,15)10-3-1-2-9(6-10)8-17-5-4-16-7-11(17)18/h1-7H,8H2. The van der Waals surface area contributed by atoms with Crippen LogP contribution in [0.25, 0.3) is 0 Å². The van der Waals surface area contributed by atoms with E-state index in [-0.39, 0.29) is 12.1 Å². The lowest BCUT2D eigenvalue weighted by Gasteiger charge is -2.09. The van der Waals surface area contributed by atoms with E-state index >= 15 is 0 Å². The first kappa shape index (κ1) is 12.3. The summed E-state index contributed by atoms with van der Waals surface area (Å²) in [6, 6.07) is 4.90. The summed E-state index contributed by atoms with van der Waals surface area (Å²) in [6.45, 7) is 0.0886. The molecule has 0 spiro atoms. The molecule has 2 aromatic rings. The molecule has 0 bridgehead atoms. The maximum absolute atomic E-state index is 12.5. The molecule has 6 heteroatoms. The van der Waals surface area contributed by atoms with Crippen molar-refractivity contribution in [2.24, 2.45) is 0 Å². The fourth-order valence-corrected chi connectivity index (χ4v) is 1.55. The Bertz CT molecular complexity index is 605. The van der Waals surface area contributed by atoms with Gasteiger partial charge in [-0.1, -0.05) is 12.1 Å². The third kappa shape index (κ3) is 2.77. The molecule has 0 amide bonds. The average molecular weight is 254 g/mol. The summed E-state index contributed by atoms with van der Waals surface area (Å²) in [4.78, 5) is 15.0. The molecule has 0 radical (unpaired) electrons. The van der Waals surface area contributed by atoms with Crippen LogP contribution in [0.4, 0.5) is 13.2 Å². The molecule has 0 atom stereocenters. The van der Waals surface area contributed by atoms with Gasteiger partial charge >= 0.3 is 6.18 Å². The highest BCUT2D eigenvalue weighted by molar-refractivity contribution is 5.25. The van der Waals surface area contributed by atoms with Crippen LogP contribution in [0.5, 0.6) is 0 Å². The number of hydrogen-bond acceptors (Lipinski definition) is 2. The maximum Gasteiger partial charge on any atom is 0.416 e. The van der Waals surface area contributed by atoms with Crippen molar-refractivity contribution in [3.05, 3.63) is 64.3 Å². The first-order valence-electron chi connectivity index (χ1n) is 5.13. The Kier molecular flexibility index (Phi) is 3.18. The van der Waals surface area contributed by atoms with E-state index in [1.165, 1.54) is 23.0 Å². The fourth-order valence-electron chi connectivity index (χ4n) is 1.55. The molecule has 18 heavy (non-hydrogen) atoms. The van der Waals surface area contributed by atoms with E-state index in [0.717, 1.165) is 18.3 Å². The fraction of sp³-hybridized carbons (Fsp3) is 0.167. The topological polar surface area (TPSA) is 34.9 Å². The molecular weight excluding hydrogens is 245 g/mol. The summed E-state index contributed by atoms with van der Waals surface area (Å²) >= 11 is 0. The van der Waals surface area contributed by atoms with Crippen LogP contribution in [0.2, 0.25) is 0 Å². The highest BCUT2D eigenvalue weighted by Gasteiger charge is 2.30. The zero-order valence-electron chi connectivity index (χ0n) is 9.19. The predicted molar refractivity (Wildman–Crippen MR) is 59.0 cm³/mol. The van der Waals surface area contributed by atoms with E-state index in [2.05, 4.69) is 4.98 Å². The van der Waals surface area contributed by atoms with Crippen LogP contribution in [0.15, 0.2) is 47.7 Å². The highest BCUT2D eigenvalue weighted by atomic mass is 19.4. The van der Waals surface area contributed by atoms with Gasteiger partial charge in [-0.2, -0.15) is 13.2 Å². The van der Waals surface area contributed by atoms with E-state index in [1.54, 1.807) is 6.07 Å². The van der Waals surface area contributed by atoms with Gasteiger partial charge in [0.05, 0.1) is 18.3 Å². The van der Waals surface area contributed by atoms with E-state index in [9.17, 15) is 18.0 Å². The van der Waals surface area contributed by atoms with Gasteiger partial charge < -0.3 is 4.57 Å². The zero-order chi connectivity index (χ0) is 13.2. The van der Waals surface area contributed by atoms with Crippen LogP contribution < -0.4 is 5.56 Å². The van der Waals surface area contributed by atoms with Crippen LogP contribution >= 0.6 is 0 Å². The SMILES string of the molecule is O=c1cnccn1Cc1cccc(C(F)(F)F)c1. The van der Waals surface area contributed by atoms with Crippen LogP contribution in [0.3, 0.4) is 0 Å². The largest absolute Gasteiger partial charge is 0.416 e. The Morgan fingerprint density at radius 1 is 1.28 bits per heavy atom. The molecule has 0 aliphatic heterocycles. The molecule has 1 heterocycles. The van der Waals surface area contributed by atoms with Crippen LogP contribution in [-0.2, 0) is 12.7 Å². The van der Waals surface area contributed by atoms with Crippen molar-refractivity contribution < 1.29 is 13.2 Å². The van der Waals surface area contributed by atoms with Crippen molar-refractivity contribution in [3.63, 3.8) is 0 Å². The number of hydrogen-bond donors (Lipinski definition) is 0. The molecule has 0 aliphatic rings. The molecule has 0 fully saturated rings. The third-order valence-corrected chi connectivity index (χ3v) is 2.41. The first-order valence-corrected chi connectivity index (χ1v) is 5.13. The molecule has 0 unspecified atom stereocenters. The lowest BCUT2D eigenvalue weighted by atomic mass is 10.1. The van der Waals surface area contributed by atoms with Gasteiger partial charge in [0, 0.05) is 12.4 Å². The molecule has 1 aromatic carbocycles. The Labute approximate surface area is 101 Å². The number of nitrogens with zero attached hydrogens (tertiary/aromatic N) is 2. The van der Waals surface area contributed by atoms with Gasteiger partial charge in [-0.15, -0.1) is 0 Å². The number of alkyl halides is 3. The minimum Gasteiger partial charge on any atom is -0.308 e. The Morgan fingerprint density at radius 2 is 2.06 bits per heavy atom. The summed E-state index contributed by atoms with van der Waals surface area (Å²) in [5.74, 6) is 0. The van der Waals surface area contributed by atoms with Gasteiger partial charge in [0.25, 0.3) is 5.56 Å². The Balaban J connectivity index is 2.31. The van der Waals surface area contributed by atoms with E-state index in [4.69, 9.17) is 0 Å². The van der Waals surface area contributed by atoms with E-state index in [1.807, 2.05) is 0 Å². The lowest BCUT2D eigenvalue weighted by molar-refractivity contribution is -0.137. The molecule has 0 saturated heterocycles. The van der Waals surface area contributed by atoms with Crippen molar-refractivity contribution in [1.82, 2.24) is 9.55 Å². The number of halogens is 3. The van der Waals surface area contributed by atoms with Gasteiger partial charge in [-0.25, -0.2) is 0 Å². The second kappa shape index (κ2) is 4.64. The number of aromatic nitrogens is 2.